The van der Waals surface area contributed by atoms with E-state index in [4.69, 9.17) is 5.11 Å². The van der Waals surface area contributed by atoms with Crippen LogP contribution in [0.1, 0.15) is 58.3 Å². The van der Waals surface area contributed by atoms with Crippen LogP contribution in [-0.2, 0) is 9.59 Å². The number of aliphatic carboxylic acids is 1. The van der Waals surface area contributed by atoms with Gasteiger partial charge < -0.3 is 15.7 Å². The Bertz CT molecular complexity index is 301. The number of carboxylic acid groups (broad SMARTS) is 1. The highest BCUT2D eigenvalue weighted by atomic mass is 16.4. The van der Waals surface area contributed by atoms with Crippen molar-refractivity contribution in [2.24, 2.45) is 5.92 Å². The van der Waals surface area contributed by atoms with Gasteiger partial charge in [-0.1, -0.05) is 26.2 Å². The summed E-state index contributed by atoms with van der Waals surface area (Å²) in [7, 11) is 0. The Balaban J connectivity index is 2.05. The number of carboxylic acids is 1. The molecule has 0 aromatic carbocycles. The predicted molar refractivity (Wildman–Crippen MR) is 78.5 cm³/mol. The van der Waals surface area contributed by atoms with E-state index >= 15 is 0 Å². The Hall–Kier alpha value is -1.10. The molecule has 1 aliphatic rings. The molecule has 5 heteroatoms. The quantitative estimate of drug-likeness (QED) is 0.572. The third-order valence-electron chi connectivity index (χ3n) is 4.13. The van der Waals surface area contributed by atoms with Crippen LogP contribution in [0.15, 0.2) is 0 Å². The molecule has 0 bridgehead atoms. The predicted octanol–water partition coefficient (Wildman–Crippen LogP) is 1.92. The van der Waals surface area contributed by atoms with Gasteiger partial charge in [-0.05, 0) is 31.6 Å². The van der Waals surface area contributed by atoms with Gasteiger partial charge in [0.15, 0.2) is 0 Å². The summed E-state index contributed by atoms with van der Waals surface area (Å²) in [5.41, 5.74) is 0. The minimum atomic E-state index is -0.742. The number of hydrogen-bond donors (Lipinski definition) is 3. The zero-order chi connectivity index (χ0) is 14.8. The molecule has 1 unspecified atom stereocenters. The van der Waals surface area contributed by atoms with Crippen LogP contribution in [0.4, 0.5) is 0 Å². The first-order valence-corrected chi connectivity index (χ1v) is 7.83. The molecule has 0 aromatic rings. The van der Waals surface area contributed by atoms with Crippen molar-refractivity contribution in [3.8, 4) is 0 Å². The van der Waals surface area contributed by atoms with Gasteiger partial charge in [0.25, 0.3) is 0 Å². The first kappa shape index (κ1) is 17.0. The molecular weight excluding hydrogens is 256 g/mol. The number of rotatable bonds is 10. The molecule has 3 N–H and O–H groups in total. The lowest BCUT2D eigenvalue weighted by atomic mass is 9.97. The molecule has 0 aromatic heterocycles. The van der Waals surface area contributed by atoms with Gasteiger partial charge in [-0.15, -0.1) is 0 Å². The molecule has 0 saturated heterocycles. The molecule has 1 aliphatic carbocycles. The lowest BCUT2D eigenvalue weighted by Gasteiger charge is -2.15. The zero-order valence-corrected chi connectivity index (χ0v) is 12.5. The first-order chi connectivity index (χ1) is 9.61. The van der Waals surface area contributed by atoms with Crippen LogP contribution in [0, 0.1) is 5.92 Å². The van der Waals surface area contributed by atoms with Crippen LogP contribution in [-0.4, -0.2) is 36.1 Å². The van der Waals surface area contributed by atoms with Gasteiger partial charge in [-0.2, -0.15) is 0 Å². The van der Waals surface area contributed by atoms with Crippen LogP contribution in [0.3, 0.4) is 0 Å². The summed E-state index contributed by atoms with van der Waals surface area (Å²) in [6.45, 7) is 3.11. The number of nitrogens with one attached hydrogen (secondary N) is 2. The maximum atomic E-state index is 11.7. The molecule has 0 spiro atoms. The fourth-order valence-electron chi connectivity index (χ4n) is 2.73. The fraction of sp³-hybridized carbons (Fsp3) is 0.867. The fourth-order valence-corrected chi connectivity index (χ4v) is 2.73. The van der Waals surface area contributed by atoms with Gasteiger partial charge in [-0.3, -0.25) is 9.59 Å². The van der Waals surface area contributed by atoms with Gasteiger partial charge in [0.05, 0.1) is 6.54 Å². The Labute approximate surface area is 121 Å². The van der Waals surface area contributed by atoms with E-state index in [0.717, 1.165) is 12.8 Å². The number of carbonyl (C=O) groups excluding carboxylic acids is 1. The highest BCUT2D eigenvalue weighted by molar-refractivity contribution is 5.77. The van der Waals surface area contributed by atoms with Crippen molar-refractivity contribution in [3.63, 3.8) is 0 Å². The van der Waals surface area contributed by atoms with Crippen LogP contribution in [0.5, 0.6) is 0 Å². The maximum Gasteiger partial charge on any atom is 0.303 e. The largest absolute Gasteiger partial charge is 0.481 e. The Kier molecular flexibility index (Phi) is 8.26. The summed E-state index contributed by atoms with van der Waals surface area (Å²) in [5.74, 6) is -0.313. The van der Waals surface area contributed by atoms with Crippen LogP contribution in [0.25, 0.3) is 0 Å². The van der Waals surface area contributed by atoms with Gasteiger partial charge in [0.2, 0.25) is 5.91 Å². The molecule has 1 saturated carbocycles. The van der Waals surface area contributed by atoms with E-state index < -0.39 is 5.97 Å². The van der Waals surface area contributed by atoms with Crippen molar-refractivity contribution in [1.29, 1.82) is 0 Å². The topological polar surface area (TPSA) is 78.4 Å². The summed E-state index contributed by atoms with van der Waals surface area (Å²) in [6.07, 6.45) is 7.63. The summed E-state index contributed by atoms with van der Waals surface area (Å²) >= 11 is 0. The van der Waals surface area contributed by atoms with Crippen molar-refractivity contribution < 1.29 is 14.7 Å². The van der Waals surface area contributed by atoms with Gasteiger partial charge >= 0.3 is 5.97 Å². The zero-order valence-electron chi connectivity index (χ0n) is 12.5. The number of hydrogen-bond acceptors (Lipinski definition) is 3. The lowest BCUT2D eigenvalue weighted by Crippen LogP contribution is -2.38. The van der Waals surface area contributed by atoms with Crippen molar-refractivity contribution in [3.05, 3.63) is 0 Å². The van der Waals surface area contributed by atoms with Crippen molar-refractivity contribution in [2.45, 2.75) is 64.3 Å². The molecule has 1 amide bonds. The molecule has 1 rings (SSSR count). The lowest BCUT2D eigenvalue weighted by molar-refractivity contribution is -0.137. The number of carbonyl (C=O) groups is 2. The van der Waals surface area contributed by atoms with E-state index in [1.54, 1.807) is 0 Å². The van der Waals surface area contributed by atoms with Gasteiger partial charge in [-0.25, -0.2) is 0 Å². The Morgan fingerprint density at radius 3 is 2.55 bits per heavy atom. The van der Waals surface area contributed by atoms with E-state index in [9.17, 15) is 9.59 Å². The Morgan fingerprint density at radius 2 is 1.95 bits per heavy atom. The standard InChI is InChI=1S/C15H28N2O3/c1-2-12(7-8-15(19)20)9-10-16-14(18)11-17-13-5-3-4-6-13/h12-13,17H,2-11H2,1H3,(H,16,18)(H,19,20). The first-order valence-electron chi connectivity index (χ1n) is 7.83. The summed E-state index contributed by atoms with van der Waals surface area (Å²) in [5, 5.41) is 14.9. The van der Waals surface area contributed by atoms with E-state index in [2.05, 4.69) is 17.6 Å². The molecule has 0 aliphatic heterocycles. The average molecular weight is 284 g/mol. The van der Waals surface area contributed by atoms with Crippen molar-refractivity contribution in [2.75, 3.05) is 13.1 Å². The minimum absolute atomic E-state index is 0.0463. The Morgan fingerprint density at radius 1 is 1.25 bits per heavy atom. The van der Waals surface area contributed by atoms with E-state index in [0.29, 0.717) is 31.5 Å². The molecule has 1 atom stereocenters. The van der Waals surface area contributed by atoms with Gasteiger partial charge in [0, 0.05) is 19.0 Å². The normalized spacial score (nSPS) is 17.1. The summed E-state index contributed by atoms with van der Waals surface area (Å²) < 4.78 is 0. The van der Waals surface area contributed by atoms with E-state index in [1.165, 1.54) is 25.7 Å². The second kappa shape index (κ2) is 9.75. The molecule has 1 fully saturated rings. The molecule has 5 nitrogen and oxygen atoms in total. The molecule has 20 heavy (non-hydrogen) atoms. The minimum Gasteiger partial charge on any atom is -0.481 e. The summed E-state index contributed by atoms with van der Waals surface area (Å²) in [6, 6.07) is 0.514. The molecule has 0 radical (unpaired) electrons. The average Bonchev–Trinajstić information content (AvgIpc) is 2.93. The van der Waals surface area contributed by atoms with Crippen LogP contribution < -0.4 is 10.6 Å². The van der Waals surface area contributed by atoms with E-state index in [-0.39, 0.29) is 12.3 Å². The third-order valence-corrected chi connectivity index (χ3v) is 4.13. The highest BCUT2D eigenvalue weighted by Crippen LogP contribution is 2.17. The molecular formula is C15H28N2O3. The molecule has 0 heterocycles. The van der Waals surface area contributed by atoms with Crippen molar-refractivity contribution in [1.82, 2.24) is 10.6 Å². The second-order valence-electron chi connectivity index (χ2n) is 5.71. The van der Waals surface area contributed by atoms with Crippen LogP contribution >= 0.6 is 0 Å². The van der Waals surface area contributed by atoms with Gasteiger partial charge in [0.1, 0.15) is 0 Å². The highest BCUT2D eigenvalue weighted by Gasteiger charge is 2.15. The SMILES string of the molecule is CCC(CCNC(=O)CNC1CCCC1)CCC(=O)O. The van der Waals surface area contributed by atoms with Crippen LogP contribution in [0.2, 0.25) is 0 Å². The van der Waals surface area contributed by atoms with E-state index in [1.807, 2.05) is 0 Å². The second-order valence-corrected chi connectivity index (χ2v) is 5.71. The smallest absolute Gasteiger partial charge is 0.303 e. The monoisotopic (exact) mass is 284 g/mol. The van der Waals surface area contributed by atoms with Crippen molar-refractivity contribution >= 4 is 11.9 Å². The molecule has 116 valence electrons. The maximum absolute atomic E-state index is 11.7. The third kappa shape index (κ3) is 7.48. The summed E-state index contributed by atoms with van der Waals surface area (Å²) in [4.78, 5) is 22.2. The number of amides is 1.